The van der Waals surface area contributed by atoms with Crippen molar-refractivity contribution in [3.05, 3.63) is 12.7 Å². The standard InChI is InChI=1S/C33H56N2O4/c1-6-8-9-15-34(14-7-2)28-21-27-25-11-10-24-20-30(37)29(35-16-18-38-19-17-35)22-33(24,5)26(25)12-13-32(27,4)31(28)39-23(3)36/h7,24-31,37H,2,6,8-22H2,1,3-5H3/t24-,25+,26-,27-,28-,29-,30-,31-,32-,33-/m0/s1. The van der Waals surface area contributed by atoms with Crippen LogP contribution in [-0.4, -0.2) is 84.6 Å². The van der Waals surface area contributed by atoms with Crippen molar-refractivity contribution in [2.45, 2.75) is 116 Å². The zero-order valence-electron chi connectivity index (χ0n) is 25.3. The van der Waals surface area contributed by atoms with Crippen molar-refractivity contribution in [3.8, 4) is 0 Å². The minimum atomic E-state index is -0.216. The SMILES string of the molecule is C=CCN(CCCCC)[C@H]1C[C@H]2[C@@H]3CC[C@H]4C[C@H](O)[C@@H](N5CCOCC5)C[C@]4(C)[C@H]3CC[C@]2(C)[C@H]1OC(C)=O. The summed E-state index contributed by atoms with van der Waals surface area (Å²) in [7, 11) is 0. The number of ether oxygens (including phenoxy) is 2. The van der Waals surface area contributed by atoms with Crippen LogP contribution in [0, 0.1) is 34.5 Å². The van der Waals surface area contributed by atoms with Gasteiger partial charge in [-0.2, -0.15) is 0 Å². The third-order valence-corrected chi connectivity index (χ3v) is 12.3. The van der Waals surface area contributed by atoms with E-state index in [1.54, 1.807) is 6.92 Å². The van der Waals surface area contributed by atoms with E-state index in [1.807, 2.05) is 6.08 Å². The molecular weight excluding hydrogens is 488 g/mol. The lowest BCUT2D eigenvalue weighted by molar-refractivity contribution is -0.172. The fourth-order valence-corrected chi connectivity index (χ4v) is 10.4. The second-order valence-corrected chi connectivity index (χ2v) is 14.2. The van der Waals surface area contributed by atoms with E-state index < -0.39 is 0 Å². The summed E-state index contributed by atoms with van der Waals surface area (Å²) in [6.07, 6.45) is 13.5. The van der Waals surface area contributed by atoms with Gasteiger partial charge in [-0.05, 0) is 87.0 Å². The van der Waals surface area contributed by atoms with Gasteiger partial charge in [-0.25, -0.2) is 0 Å². The molecular formula is C33H56N2O4. The maximum absolute atomic E-state index is 12.4. The molecule has 0 amide bonds. The number of hydrogen-bond donors (Lipinski definition) is 1. The Morgan fingerprint density at radius 3 is 2.59 bits per heavy atom. The average molecular weight is 545 g/mol. The molecule has 0 aromatic heterocycles. The number of hydrogen-bond acceptors (Lipinski definition) is 6. The van der Waals surface area contributed by atoms with Crippen molar-refractivity contribution in [2.24, 2.45) is 34.5 Å². The van der Waals surface area contributed by atoms with E-state index in [1.165, 1.54) is 38.5 Å². The molecule has 222 valence electrons. The van der Waals surface area contributed by atoms with Gasteiger partial charge in [-0.15, -0.1) is 6.58 Å². The van der Waals surface area contributed by atoms with Crippen LogP contribution in [0.3, 0.4) is 0 Å². The molecule has 10 atom stereocenters. The van der Waals surface area contributed by atoms with Crippen LogP contribution < -0.4 is 0 Å². The number of esters is 1. The molecule has 0 unspecified atom stereocenters. The van der Waals surface area contributed by atoms with Crippen molar-refractivity contribution < 1.29 is 19.4 Å². The van der Waals surface area contributed by atoms with Gasteiger partial charge in [-0.3, -0.25) is 14.6 Å². The first-order valence-electron chi connectivity index (χ1n) is 16.2. The van der Waals surface area contributed by atoms with Gasteiger partial charge in [-0.1, -0.05) is 39.7 Å². The third kappa shape index (κ3) is 5.49. The summed E-state index contributed by atoms with van der Waals surface area (Å²) in [6.45, 7) is 18.4. The molecule has 6 nitrogen and oxygen atoms in total. The zero-order valence-corrected chi connectivity index (χ0v) is 25.3. The lowest BCUT2D eigenvalue weighted by Gasteiger charge is -2.62. The molecule has 0 aromatic rings. The zero-order chi connectivity index (χ0) is 27.8. The summed E-state index contributed by atoms with van der Waals surface area (Å²) >= 11 is 0. The van der Waals surface area contributed by atoms with E-state index in [0.717, 1.165) is 65.1 Å². The first kappa shape index (κ1) is 29.5. The van der Waals surface area contributed by atoms with E-state index in [2.05, 4.69) is 37.1 Å². The molecule has 1 N–H and O–H groups in total. The van der Waals surface area contributed by atoms with Gasteiger partial charge >= 0.3 is 5.97 Å². The lowest BCUT2D eigenvalue weighted by atomic mass is 9.44. The number of aliphatic hydroxyl groups is 1. The molecule has 0 bridgehead atoms. The summed E-state index contributed by atoms with van der Waals surface area (Å²) in [5, 5.41) is 11.3. The minimum Gasteiger partial charge on any atom is -0.460 e. The molecule has 4 saturated carbocycles. The van der Waals surface area contributed by atoms with Crippen molar-refractivity contribution >= 4 is 5.97 Å². The van der Waals surface area contributed by atoms with Crippen LogP contribution in [0.4, 0.5) is 0 Å². The molecule has 39 heavy (non-hydrogen) atoms. The van der Waals surface area contributed by atoms with Gasteiger partial charge in [0, 0.05) is 44.1 Å². The van der Waals surface area contributed by atoms with Gasteiger partial charge in [0.2, 0.25) is 0 Å². The molecule has 5 rings (SSSR count). The Balaban J connectivity index is 1.40. The smallest absolute Gasteiger partial charge is 0.302 e. The fraction of sp³-hybridized carbons (Fsp3) is 0.909. The maximum atomic E-state index is 12.4. The normalized spacial score (nSPS) is 44.4. The molecule has 0 radical (unpaired) electrons. The Morgan fingerprint density at radius 1 is 1.13 bits per heavy atom. The van der Waals surface area contributed by atoms with Gasteiger partial charge in [0.05, 0.1) is 19.3 Å². The monoisotopic (exact) mass is 544 g/mol. The number of morpholine rings is 1. The van der Waals surface area contributed by atoms with Crippen LogP contribution in [0.2, 0.25) is 0 Å². The number of unbranched alkanes of at least 4 members (excludes halogenated alkanes) is 2. The molecule has 1 heterocycles. The second kappa shape index (κ2) is 12.1. The third-order valence-electron chi connectivity index (χ3n) is 12.3. The molecule has 1 saturated heterocycles. The average Bonchev–Trinajstić information content (AvgIpc) is 3.20. The number of carbonyl (C=O) groups excluding carboxylic acids is 1. The van der Waals surface area contributed by atoms with Crippen molar-refractivity contribution in [1.29, 1.82) is 0 Å². The Labute approximate surface area is 237 Å². The largest absolute Gasteiger partial charge is 0.460 e. The van der Waals surface area contributed by atoms with Crippen molar-refractivity contribution in [2.75, 3.05) is 39.4 Å². The highest BCUT2D eigenvalue weighted by atomic mass is 16.5. The van der Waals surface area contributed by atoms with Crippen molar-refractivity contribution in [1.82, 2.24) is 9.80 Å². The predicted molar refractivity (Wildman–Crippen MR) is 155 cm³/mol. The van der Waals surface area contributed by atoms with Gasteiger partial charge in [0.25, 0.3) is 0 Å². The Bertz CT molecular complexity index is 861. The van der Waals surface area contributed by atoms with E-state index in [-0.39, 0.29) is 41.1 Å². The molecule has 5 fully saturated rings. The van der Waals surface area contributed by atoms with Crippen LogP contribution in [0.25, 0.3) is 0 Å². The summed E-state index contributed by atoms with van der Waals surface area (Å²) < 4.78 is 11.9. The Hall–Kier alpha value is -0.950. The fourth-order valence-electron chi connectivity index (χ4n) is 10.4. The van der Waals surface area contributed by atoms with Crippen LogP contribution in [0.15, 0.2) is 12.7 Å². The number of fused-ring (bicyclic) bond motifs is 5. The molecule has 1 aliphatic heterocycles. The lowest BCUT2D eigenvalue weighted by Crippen LogP contribution is -2.61. The van der Waals surface area contributed by atoms with E-state index >= 15 is 0 Å². The molecule has 6 heteroatoms. The van der Waals surface area contributed by atoms with E-state index in [0.29, 0.717) is 23.7 Å². The summed E-state index contributed by atoms with van der Waals surface area (Å²) in [6, 6.07) is 0.534. The van der Waals surface area contributed by atoms with Crippen LogP contribution in [0.5, 0.6) is 0 Å². The summed E-state index contributed by atoms with van der Waals surface area (Å²) in [5.41, 5.74) is 0.298. The quantitative estimate of drug-likeness (QED) is 0.242. The highest BCUT2D eigenvalue weighted by Crippen LogP contribution is 2.67. The Morgan fingerprint density at radius 2 is 1.90 bits per heavy atom. The number of rotatable bonds is 9. The van der Waals surface area contributed by atoms with Gasteiger partial charge < -0.3 is 14.6 Å². The molecule has 5 aliphatic rings. The summed E-state index contributed by atoms with van der Waals surface area (Å²) in [4.78, 5) is 17.6. The minimum absolute atomic E-state index is 0.0304. The van der Waals surface area contributed by atoms with Gasteiger partial charge in [0.15, 0.2) is 0 Å². The van der Waals surface area contributed by atoms with Crippen LogP contribution in [0.1, 0.15) is 91.9 Å². The van der Waals surface area contributed by atoms with Crippen LogP contribution >= 0.6 is 0 Å². The number of aliphatic hydroxyl groups excluding tert-OH is 1. The Kier molecular flexibility index (Phi) is 9.17. The first-order chi connectivity index (χ1) is 18.7. The topological polar surface area (TPSA) is 62.2 Å². The van der Waals surface area contributed by atoms with Crippen LogP contribution in [-0.2, 0) is 14.3 Å². The highest BCUT2D eigenvalue weighted by molar-refractivity contribution is 5.66. The van der Waals surface area contributed by atoms with Gasteiger partial charge in [0.1, 0.15) is 6.10 Å². The van der Waals surface area contributed by atoms with E-state index in [4.69, 9.17) is 9.47 Å². The molecule has 0 aromatic carbocycles. The molecule has 0 spiro atoms. The first-order valence-corrected chi connectivity index (χ1v) is 16.2. The number of nitrogens with zero attached hydrogens (tertiary/aromatic N) is 2. The molecule has 4 aliphatic carbocycles. The summed E-state index contributed by atoms with van der Waals surface area (Å²) in [5.74, 6) is 2.43. The maximum Gasteiger partial charge on any atom is 0.302 e. The predicted octanol–water partition coefficient (Wildman–Crippen LogP) is 5.29. The number of carbonyl (C=O) groups is 1. The van der Waals surface area contributed by atoms with Crippen molar-refractivity contribution in [3.63, 3.8) is 0 Å². The second-order valence-electron chi connectivity index (χ2n) is 14.2. The van der Waals surface area contributed by atoms with E-state index in [9.17, 15) is 9.90 Å². The highest BCUT2D eigenvalue weighted by Gasteiger charge is 2.64.